The van der Waals surface area contributed by atoms with Crippen LogP contribution in [0, 0.1) is 5.41 Å². The van der Waals surface area contributed by atoms with Gasteiger partial charge in [0.1, 0.15) is 5.41 Å². The molecule has 1 aliphatic heterocycles. The van der Waals surface area contributed by atoms with E-state index in [2.05, 4.69) is 0 Å². The number of nitrogens with zero attached hydrogens (tertiary/aromatic N) is 1. The summed E-state index contributed by atoms with van der Waals surface area (Å²) in [6.45, 7) is 1.09. The highest BCUT2D eigenvalue weighted by atomic mass is 16.5. The van der Waals surface area contributed by atoms with Crippen LogP contribution < -0.4 is 0 Å². The van der Waals surface area contributed by atoms with Gasteiger partial charge in [-0.15, -0.1) is 0 Å². The normalized spacial score (nSPS) is 33.7. The molecule has 1 saturated heterocycles. The van der Waals surface area contributed by atoms with Crippen molar-refractivity contribution >= 4 is 11.9 Å². The summed E-state index contributed by atoms with van der Waals surface area (Å²) in [7, 11) is 0. The maximum absolute atomic E-state index is 12.5. The van der Waals surface area contributed by atoms with Crippen molar-refractivity contribution in [3.05, 3.63) is 0 Å². The van der Waals surface area contributed by atoms with Crippen molar-refractivity contribution in [2.75, 3.05) is 13.2 Å². The van der Waals surface area contributed by atoms with Crippen LogP contribution in [0.2, 0.25) is 0 Å². The molecule has 5 heteroatoms. The van der Waals surface area contributed by atoms with E-state index in [0.29, 0.717) is 26.0 Å². The number of hydrogen-bond acceptors (Lipinski definition) is 3. The van der Waals surface area contributed by atoms with Gasteiger partial charge in [-0.05, 0) is 25.7 Å². The van der Waals surface area contributed by atoms with Gasteiger partial charge in [-0.3, -0.25) is 9.59 Å². The minimum Gasteiger partial charge on any atom is -0.480 e. The molecule has 0 spiro atoms. The molecule has 3 rings (SSSR count). The molecule has 18 heavy (non-hydrogen) atoms. The number of ether oxygens (including phenoxy) is 1. The highest BCUT2D eigenvalue weighted by Crippen LogP contribution is 2.48. The molecule has 2 saturated carbocycles. The monoisotopic (exact) mass is 253 g/mol. The van der Waals surface area contributed by atoms with Gasteiger partial charge in [-0.1, -0.05) is 12.8 Å². The van der Waals surface area contributed by atoms with E-state index in [0.717, 1.165) is 25.7 Å². The number of carboxylic acids is 1. The number of morpholine rings is 1. The molecule has 0 radical (unpaired) electrons. The second-order valence-electron chi connectivity index (χ2n) is 5.65. The summed E-state index contributed by atoms with van der Waals surface area (Å²) in [5.41, 5.74) is -1.10. The van der Waals surface area contributed by atoms with Crippen molar-refractivity contribution in [1.29, 1.82) is 0 Å². The molecule has 1 N–H and O–H groups in total. The molecular formula is C13H19NO4. The lowest BCUT2D eigenvalue weighted by molar-refractivity contribution is -0.163. The minimum absolute atomic E-state index is 0.108. The Kier molecular flexibility index (Phi) is 2.81. The predicted octanol–water partition coefficient (Wildman–Crippen LogP) is 1.02. The fourth-order valence-electron chi connectivity index (χ4n) is 3.27. The molecule has 0 bridgehead atoms. The predicted molar refractivity (Wildman–Crippen MR) is 63.0 cm³/mol. The Balaban J connectivity index is 1.78. The zero-order valence-electron chi connectivity index (χ0n) is 10.4. The van der Waals surface area contributed by atoms with Crippen LogP contribution in [0.4, 0.5) is 0 Å². The van der Waals surface area contributed by atoms with Crippen LogP contribution in [0.5, 0.6) is 0 Å². The van der Waals surface area contributed by atoms with Gasteiger partial charge in [-0.25, -0.2) is 0 Å². The first kappa shape index (κ1) is 12.0. The van der Waals surface area contributed by atoms with E-state index >= 15 is 0 Å². The van der Waals surface area contributed by atoms with Crippen LogP contribution in [0.1, 0.15) is 38.5 Å². The molecule has 3 aliphatic rings. The molecule has 0 aromatic heterocycles. The van der Waals surface area contributed by atoms with Gasteiger partial charge < -0.3 is 14.7 Å². The first-order valence-electron chi connectivity index (χ1n) is 6.81. The van der Waals surface area contributed by atoms with Gasteiger partial charge in [0.2, 0.25) is 5.91 Å². The third-order valence-corrected chi connectivity index (χ3v) is 4.56. The molecule has 2 atom stereocenters. The summed E-state index contributed by atoms with van der Waals surface area (Å²) in [6, 6.07) is 0.108. The Hall–Kier alpha value is -1.10. The topological polar surface area (TPSA) is 66.8 Å². The number of hydrogen-bond donors (Lipinski definition) is 1. The zero-order valence-corrected chi connectivity index (χ0v) is 10.4. The molecule has 0 unspecified atom stereocenters. The molecule has 0 aromatic carbocycles. The van der Waals surface area contributed by atoms with E-state index in [1.54, 1.807) is 4.90 Å². The number of carbonyl (C=O) groups is 2. The Bertz CT molecular complexity index is 375. The van der Waals surface area contributed by atoms with E-state index in [9.17, 15) is 14.7 Å². The van der Waals surface area contributed by atoms with Gasteiger partial charge in [0, 0.05) is 6.54 Å². The van der Waals surface area contributed by atoms with Crippen LogP contribution in [-0.4, -0.2) is 47.2 Å². The van der Waals surface area contributed by atoms with E-state index in [1.165, 1.54) is 0 Å². The maximum Gasteiger partial charge on any atom is 0.319 e. The van der Waals surface area contributed by atoms with E-state index in [-0.39, 0.29) is 18.1 Å². The standard InChI is InChI=1S/C13H19NO4/c15-11(13(5-6-13)12(16)17)14-7-8-18-10-4-2-1-3-9(10)14/h9-10H,1-8H2,(H,16,17)/t9-,10-/m1/s1. The lowest BCUT2D eigenvalue weighted by Gasteiger charge is -2.44. The summed E-state index contributed by atoms with van der Waals surface area (Å²) in [4.78, 5) is 25.5. The third kappa shape index (κ3) is 1.72. The van der Waals surface area contributed by atoms with Crippen LogP contribution >= 0.6 is 0 Å². The van der Waals surface area contributed by atoms with Gasteiger partial charge in [0.15, 0.2) is 0 Å². The summed E-state index contributed by atoms with van der Waals surface area (Å²) < 4.78 is 5.71. The van der Waals surface area contributed by atoms with Crippen LogP contribution in [0.15, 0.2) is 0 Å². The van der Waals surface area contributed by atoms with Crippen molar-refractivity contribution in [3.63, 3.8) is 0 Å². The molecule has 1 amide bonds. The van der Waals surface area contributed by atoms with Crippen molar-refractivity contribution in [1.82, 2.24) is 4.90 Å². The van der Waals surface area contributed by atoms with Gasteiger partial charge >= 0.3 is 5.97 Å². The maximum atomic E-state index is 12.5. The number of fused-ring (bicyclic) bond motifs is 1. The molecule has 5 nitrogen and oxygen atoms in total. The molecule has 1 heterocycles. The highest BCUT2D eigenvalue weighted by molar-refractivity contribution is 6.05. The molecular weight excluding hydrogens is 234 g/mol. The summed E-state index contributed by atoms with van der Waals surface area (Å²) in [6.07, 6.45) is 5.31. The first-order valence-corrected chi connectivity index (χ1v) is 6.81. The average molecular weight is 253 g/mol. The van der Waals surface area contributed by atoms with E-state index in [1.807, 2.05) is 0 Å². The number of carbonyl (C=O) groups excluding carboxylic acids is 1. The largest absolute Gasteiger partial charge is 0.480 e. The summed E-state index contributed by atoms with van der Waals surface area (Å²) in [5.74, 6) is -1.12. The van der Waals surface area contributed by atoms with Crippen LogP contribution in [0.25, 0.3) is 0 Å². The van der Waals surface area contributed by atoms with Crippen LogP contribution in [0.3, 0.4) is 0 Å². The fourth-order valence-corrected chi connectivity index (χ4v) is 3.27. The van der Waals surface area contributed by atoms with Crippen molar-refractivity contribution < 1.29 is 19.4 Å². The van der Waals surface area contributed by atoms with E-state index in [4.69, 9.17) is 4.74 Å². The summed E-state index contributed by atoms with van der Waals surface area (Å²) in [5, 5.41) is 9.22. The van der Waals surface area contributed by atoms with Gasteiger partial charge in [0.05, 0.1) is 18.8 Å². The average Bonchev–Trinajstić information content (AvgIpc) is 3.19. The Morgan fingerprint density at radius 1 is 1.22 bits per heavy atom. The Labute approximate surface area is 106 Å². The Morgan fingerprint density at radius 2 is 1.94 bits per heavy atom. The fraction of sp³-hybridized carbons (Fsp3) is 0.846. The first-order chi connectivity index (χ1) is 8.65. The number of carboxylic acid groups (broad SMARTS) is 1. The number of rotatable bonds is 2. The SMILES string of the molecule is O=C(O)C1(C(=O)N2CCO[C@@H]3CCCC[C@H]32)CC1. The molecule has 100 valence electrons. The lowest BCUT2D eigenvalue weighted by Crippen LogP contribution is -2.57. The second-order valence-corrected chi connectivity index (χ2v) is 5.65. The van der Waals surface area contributed by atoms with Gasteiger partial charge in [-0.2, -0.15) is 0 Å². The van der Waals surface area contributed by atoms with Crippen molar-refractivity contribution in [2.45, 2.75) is 50.7 Å². The summed E-state index contributed by atoms with van der Waals surface area (Å²) >= 11 is 0. The lowest BCUT2D eigenvalue weighted by atomic mass is 9.89. The van der Waals surface area contributed by atoms with Crippen molar-refractivity contribution in [2.24, 2.45) is 5.41 Å². The number of amides is 1. The smallest absolute Gasteiger partial charge is 0.319 e. The molecule has 2 aliphatic carbocycles. The molecule has 3 fully saturated rings. The van der Waals surface area contributed by atoms with Gasteiger partial charge in [0.25, 0.3) is 0 Å². The minimum atomic E-state index is -1.10. The zero-order chi connectivity index (χ0) is 12.8. The van der Waals surface area contributed by atoms with Crippen molar-refractivity contribution in [3.8, 4) is 0 Å². The third-order valence-electron chi connectivity index (χ3n) is 4.56. The molecule has 0 aromatic rings. The number of aliphatic carboxylic acids is 1. The van der Waals surface area contributed by atoms with E-state index < -0.39 is 11.4 Å². The van der Waals surface area contributed by atoms with Crippen LogP contribution in [-0.2, 0) is 14.3 Å². The second kappa shape index (κ2) is 4.23. The highest BCUT2D eigenvalue weighted by Gasteiger charge is 2.59. The Morgan fingerprint density at radius 3 is 2.61 bits per heavy atom. The quantitative estimate of drug-likeness (QED) is 0.746.